The van der Waals surface area contributed by atoms with Crippen molar-refractivity contribution in [3.8, 4) is 5.75 Å². The van der Waals surface area contributed by atoms with Gasteiger partial charge in [-0.2, -0.15) is 0 Å². The van der Waals surface area contributed by atoms with E-state index in [0.29, 0.717) is 22.2 Å². The molecule has 1 amide bonds. The molecule has 7 nitrogen and oxygen atoms in total. The second-order valence-corrected chi connectivity index (χ2v) is 7.73. The van der Waals surface area contributed by atoms with Crippen LogP contribution in [0.15, 0.2) is 52.7 Å². The zero-order valence-electron chi connectivity index (χ0n) is 16.0. The Morgan fingerprint density at radius 1 is 1.21 bits per heavy atom. The number of aryl methyl sites for hydroxylation is 2. The Hall–Kier alpha value is -3.39. The van der Waals surface area contributed by atoms with Crippen molar-refractivity contribution < 1.29 is 23.8 Å². The summed E-state index contributed by atoms with van der Waals surface area (Å²) < 4.78 is 10.7. The number of ketones is 1. The van der Waals surface area contributed by atoms with Crippen molar-refractivity contribution in [3.05, 3.63) is 70.1 Å². The summed E-state index contributed by atoms with van der Waals surface area (Å²) in [5, 5.41) is 11.3. The van der Waals surface area contributed by atoms with E-state index in [-0.39, 0.29) is 11.3 Å². The molecular weight excluding hydrogens is 392 g/mol. The Morgan fingerprint density at radius 3 is 2.48 bits per heavy atom. The number of aliphatic hydroxyl groups is 1. The Balaban J connectivity index is 1.89. The van der Waals surface area contributed by atoms with Crippen molar-refractivity contribution in [2.45, 2.75) is 19.9 Å². The molecule has 1 atom stereocenters. The van der Waals surface area contributed by atoms with Crippen LogP contribution in [0, 0.1) is 13.8 Å². The van der Waals surface area contributed by atoms with E-state index in [9.17, 15) is 14.7 Å². The molecule has 4 rings (SSSR count). The van der Waals surface area contributed by atoms with Crippen LogP contribution in [0.4, 0.5) is 5.13 Å². The highest BCUT2D eigenvalue weighted by atomic mass is 32.1. The minimum Gasteiger partial charge on any atom is -0.507 e. The second-order valence-electron chi connectivity index (χ2n) is 6.55. The number of aliphatic hydroxyl groups excluding tert-OH is 1. The number of Topliss-reactive ketones (excluding diaryl/α,β-unsaturated/α-hetero) is 1. The number of carbonyl (C=O) groups excluding carboxylic acids is 2. The second kappa shape index (κ2) is 7.21. The largest absolute Gasteiger partial charge is 0.507 e. The van der Waals surface area contributed by atoms with Gasteiger partial charge in [-0.15, -0.1) is 11.3 Å². The van der Waals surface area contributed by atoms with E-state index in [1.165, 1.54) is 29.6 Å². The minimum absolute atomic E-state index is 0.0411. The lowest BCUT2D eigenvalue weighted by atomic mass is 9.99. The number of aromatic nitrogens is 1. The average molecular weight is 410 g/mol. The number of benzene rings is 1. The quantitative estimate of drug-likeness (QED) is 0.397. The van der Waals surface area contributed by atoms with E-state index in [1.54, 1.807) is 36.4 Å². The standard InChI is InChI=1S/C21H18N2O5S/c1-11-12(2)29-21(22-11)23-17(15-5-4-10-28-15)16(19(25)20(23)26)18(24)13-6-8-14(27-3)9-7-13/h4-10,17,24H,1-3H3. The molecule has 0 radical (unpaired) electrons. The number of anilines is 1. The normalized spacial score (nSPS) is 18.4. The number of nitrogens with zero attached hydrogens (tertiary/aromatic N) is 2. The summed E-state index contributed by atoms with van der Waals surface area (Å²) in [6, 6.07) is 9.01. The van der Waals surface area contributed by atoms with Crippen LogP contribution in [0.3, 0.4) is 0 Å². The number of thiazole rings is 1. The van der Waals surface area contributed by atoms with Gasteiger partial charge in [0.25, 0.3) is 5.78 Å². The van der Waals surface area contributed by atoms with E-state index >= 15 is 0 Å². The van der Waals surface area contributed by atoms with Crippen molar-refractivity contribution in [2.24, 2.45) is 0 Å². The highest BCUT2D eigenvalue weighted by Crippen LogP contribution is 2.43. The third-order valence-corrected chi connectivity index (χ3v) is 5.92. The smallest absolute Gasteiger partial charge is 0.302 e. The van der Waals surface area contributed by atoms with E-state index in [1.807, 2.05) is 13.8 Å². The molecule has 1 unspecified atom stereocenters. The van der Waals surface area contributed by atoms with Gasteiger partial charge < -0.3 is 14.3 Å². The Bertz CT molecular complexity index is 1090. The van der Waals surface area contributed by atoms with Crippen LogP contribution in [-0.4, -0.2) is 28.9 Å². The molecule has 8 heteroatoms. The maximum absolute atomic E-state index is 12.9. The van der Waals surface area contributed by atoms with Crippen LogP contribution in [0.1, 0.15) is 27.9 Å². The number of hydrogen-bond acceptors (Lipinski definition) is 7. The van der Waals surface area contributed by atoms with Gasteiger partial charge in [0.1, 0.15) is 23.3 Å². The topological polar surface area (TPSA) is 92.9 Å². The summed E-state index contributed by atoms with van der Waals surface area (Å²) in [6.07, 6.45) is 1.46. The third kappa shape index (κ3) is 3.11. The summed E-state index contributed by atoms with van der Waals surface area (Å²) in [4.78, 5) is 32.5. The number of carbonyl (C=O) groups is 2. The summed E-state index contributed by atoms with van der Waals surface area (Å²) in [5.74, 6) is -0.844. The molecule has 3 aromatic rings. The van der Waals surface area contributed by atoms with Gasteiger partial charge >= 0.3 is 5.91 Å². The molecule has 148 valence electrons. The van der Waals surface area contributed by atoms with Gasteiger partial charge in [-0.1, -0.05) is 0 Å². The molecule has 1 N–H and O–H groups in total. The summed E-state index contributed by atoms with van der Waals surface area (Å²) in [5.41, 5.74) is 1.13. The zero-order chi connectivity index (χ0) is 20.7. The zero-order valence-corrected chi connectivity index (χ0v) is 16.8. The van der Waals surface area contributed by atoms with Crippen molar-refractivity contribution in [3.63, 3.8) is 0 Å². The monoisotopic (exact) mass is 410 g/mol. The van der Waals surface area contributed by atoms with Gasteiger partial charge in [0.15, 0.2) is 5.13 Å². The molecule has 1 fully saturated rings. The van der Waals surface area contributed by atoms with Crippen LogP contribution < -0.4 is 9.64 Å². The lowest BCUT2D eigenvalue weighted by Gasteiger charge is -2.20. The maximum atomic E-state index is 12.9. The fourth-order valence-electron chi connectivity index (χ4n) is 3.21. The first-order valence-corrected chi connectivity index (χ1v) is 9.67. The van der Waals surface area contributed by atoms with Crippen LogP contribution in [0.2, 0.25) is 0 Å². The number of ether oxygens (including phenoxy) is 1. The van der Waals surface area contributed by atoms with Crippen molar-refractivity contribution in [1.82, 2.24) is 4.98 Å². The molecule has 0 saturated carbocycles. The van der Waals surface area contributed by atoms with Gasteiger partial charge in [-0.25, -0.2) is 4.98 Å². The van der Waals surface area contributed by atoms with Crippen LogP contribution in [-0.2, 0) is 9.59 Å². The predicted octanol–water partition coefficient (Wildman–Crippen LogP) is 3.99. The van der Waals surface area contributed by atoms with Gasteiger partial charge in [-0.05, 0) is 50.2 Å². The van der Waals surface area contributed by atoms with Gasteiger partial charge in [0.05, 0.1) is 24.6 Å². The fourth-order valence-corrected chi connectivity index (χ4v) is 4.15. The number of amides is 1. The number of furan rings is 1. The average Bonchev–Trinajstić information content (AvgIpc) is 3.42. The molecule has 0 aliphatic carbocycles. The number of hydrogen-bond donors (Lipinski definition) is 1. The third-order valence-electron chi connectivity index (χ3n) is 4.84. The van der Waals surface area contributed by atoms with Crippen LogP contribution in [0.25, 0.3) is 5.76 Å². The SMILES string of the molecule is COc1ccc(C(O)=C2C(=O)C(=O)N(c3nc(C)c(C)s3)C2c2ccco2)cc1. The molecule has 1 aromatic carbocycles. The highest BCUT2D eigenvalue weighted by Gasteiger charge is 2.49. The van der Waals surface area contributed by atoms with E-state index in [2.05, 4.69) is 4.98 Å². The highest BCUT2D eigenvalue weighted by molar-refractivity contribution is 7.16. The molecular formula is C21H18N2O5S. The molecule has 29 heavy (non-hydrogen) atoms. The molecule has 1 saturated heterocycles. The summed E-state index contributed by atoms with van der Waals surface area (Å²) >= 11 is 1.31. The lowest BCUT2D eigenvalue weighted by molar-refractivity contribution is -0.132. The summed E-state index contributed by atoms with van der Waals surface area (Å²) in [7, 11) is 1.54. The van der Waals surface area contributed by atoms with Crippen LogP contribution >= 0.6 is 11.3 Å². The number of rotatable bonds is 4. The molecule has 1 aliphatic heterocycles. The molecule has 2 aromatic heterocycles. The fraction of sp³-hybridized carbons (Fsp3) is 0.190. The molecule has 3 heterocycles. The van der Waals surface area contributed by atoms with Gasteiger partial charge in [-0.3, -0.25) is 14.5 Å². The molecule has 1 aliphatic rings. The molecule has 0 bridgehead atoms. The van der Waals surface area contributed by atoms with Gasteiger partial charge in [0.2, 0.25) is 0 Å². The first-order valence-electron chi connectivity index (χ1n) is 8.85. The summed E-state index contributed by atoms with van der Waals surface area (Å²) in [6.45, 7) is 3.73. The minimum atomic E-state index is -0.906. The Kier molecular flexibility index (Phi) is 4.71. The number of methoxy groups -OCH3 is 1. The predicted molar refractivity (Wildman–Crippen MR) is 108 cm³/mol. The van der Waals surface area contributed by atoms with E-state index in [0.717, 1.165) is 10.6 Å². The Morgan fingerprint density at radius 2 is 1.93 bits per heavy atom. The first kappa shape index (κ1) is 18.9. The molecule has 0 spiro atoms. The van der Waals surface area contributed by atoms with Crippen LogP contribution in [0.5, 0.6) is 5.75 Å². The van der Waals surface area contributed by atoms with Crippen molar-refractivity contribution in [1.29, 1.82) is 0 Å². The van der Waals surface area contributed by atoms with E-state index < -0.39 is 17.7 Å². The van der Waals surface area contributed by atoms with Gasteiger partial charge in [0, 0.05) is 10.4 Å². The van der Waals surface area contributed by atoms with Crippen molar-refractivity contribution >= 4 is 33.9 Å². The first-order chi connectivity index (χ1) is 13.9. The maximum Gasteiger partial charge on any atom is 0.302 e. The van der Waals surface area contributed by atoms with E-state index in [4.69, 9.17) is 9.15 Å². The lowest BCUT2D eigenvalue weighted by Crippen LogP contribution is -2.29. The Labute approximate surface area is 170 Å². The van der Waals surface area contributed by atoms with Crippen molar-refractivity contribution in [2.75, 3.05) is 12.0 Å².